The van der Waals surface area contributed by atoms with E-state index in [4.69, 9.17) is 14.2 Å². The first kappa shape index (κ1) is 20.0. The molecule has 1 aliphatic heterocycles. The maximum Gasteiger partial charge on any atom is 0.122 e. The van der Waals surface area contributed by atoms with Crippen LogP contribution in [0.15, 0.2) is 60.7 Å². The molecule has 1 heterocycles. The van der Waals surface area contributed by atoms with Gasteiger partial charge in [0.05, 0.1) is 26.9 Å². The molecule has 2 aromatic carbocycles. The fourth-order valence-corrected chi connectivity index (χ4v) is 5.19. The lowest BCUT2D eigenvalue weighted by Crippen LogP contribution is -2.45. The number of allylic oxidation sites excluding steroid dienone is 1. The van der Waals surface area contributed by atoms with Gasteiger partial charge >= 0.3 is 0 Å². The van der Waals surface area contributed by atoms with E-state index in [1.54, 1.807) is 21.3 Å². The Hall–Kier alpha value is -2.30. The molecule has 0 spiro atoms. The molecular weight excluding hydrogens is 362 g/mol. The van der Waals surface area contributed by atoms with Crippen molar-refractivity contribution in [1.82, 2.24) is 4.90 Å². The molecule has 29 heavy (non-hydrogen) atoms. The molecule has 1 fully saturated rings. The lowest BCUT2D eigenvalue weighted by Gasteiger charge is -2.42. The van der Waals surface area contributed by atoms with Crippen LogP contribution in [-0.2, 0) is 10.2 Å². The van der Waals surface area contributed by atoms with Crippen LogP contribution in [0.1, 0.15) is 36.4 Å². The maximum atomic E-state index is 5.66. The van der Waals surface area contributed by atoms with E-state index < -0.39 is 0 Å². The molecule has 3 atom stereocenters. The van der Waals surface area contributed by atoms with Crippen molar-refractivity contribution < 1.29 is 14.2 Å². The van der Waals surface area contributed by atoms with Crippen LogP contribution < -0.4 is 9.47 Å². The van der Waals surface area contributed by atoms with E-state index in [1.165, 1.54) is 11.1 Å². The fourth-order valence-electron chi connectivity index (χ4n) is 5.19. The minimum absolute atomic E-state index is 0.0668. The molecule has 0 amide bonds. The van der Waals surface area contributed by atoms with E-state index in [2.05, 4.69) is 59.5 Å². The Balaban J connectivity index is 1.75. The SMILES string of the molecule is COC[C@H](c1ccccc1)N1CC[C@]2(c3cc(OC)cc(OC)c3)CCC=C[C@H]12. The number of nitrogens with zero attached hydrogens (tertiary/aromatic N) is 1. The van der Waals surface area contributed by atoms with Crippen LogP contribution in [0.25, 0.3) is 0 Å². The average Bonchev–Trinajstić information content (AvgIpc) is 3.18. The number of ether oxygens (including phenoxy) is 3. The molecule has 0 saturated carbocycles. The molecule has 0 radical (unpaired) electrons. The third-order valence-corrected chi connectivity index (χ3v) is 6.65. The third kappa shape index (κ3) is 3.67. The normalized spacial score (nSPS) is 24.9. The molecule has 2 aromatic rings. The first-order valence-corrected chi connectivity index (χ1v) is 10.4. The summed E-state index contributed by atoms with van der Waals surface area (Å²) in [4.78, 5) is 2.63. The number of benzene rings is 2. The number of rotatable bonds is 7. The zero-order chi connectivity index (χ0) is 20.3. The summed E-state index contributed by atoms with van der Waals surface area (Å²) >= 11 is 0. The van der Waals surface area contributed by atoms with E-state index in [-0.39, 0.29) is 11.5 Å². The van der Waals surface area contributed by atoms with Crippen molar-refractivity contribution in [2.24, 2.45) is 0 Å². The molecule has 0 unspecified atom stereocenters. The first-order chi connectivity index (χ1) is 14.2. The van der Waals surface area contributed by atoms with Crippen LogP contribution >= 0.6 is 0 Å². The lowest BCUT2D eigenvalue weighted by atomic mass is 9.68. The highest BCUT2D eigenvalue weighted by Gasteiger charge is 2.50. The summed E-state index contributed by atoms with van der Waals surface area (Å²) in [6, 6.07) is 17.7. The summed E-state index contributed by atoms with van der Waals surface area (Å²) in [5.74, 6) is 1.72. The molecule has 4 heteroatoms. The Labute approximate surface area is 174 Å². The van der Waals surface area contributed by atoms with Crippen LogP contribution in [0.4, 0.5) is 0 Å². The van der Waals surface area contributed by atoms with E-state index in [0.29, 0.717) is 12.6 Å². The summed E-state index contributed by atoms with van der Waals surface area (Å²) in [5, 5.41) is 0. The molecular formula is C25H31NO3. The summed E-state index contributed by atoms with van der Waals surface area (Å²) in [5.41, 5.74) is 2.69. The number of hydrogen-bond acceptors (Lipinski definition) is 4. The Morgan fingerprint density at radius 1 is 1.00 bits per heavy atom. The highest BCUT2D eigenvalue weighted by molar-refractivity contribution is 5.45. The van der Waals surface area contributed by atoms with Crippen molar-refractivity contribution in [2.45, 2.75) is 36.8 Å². The number of hydrogen-bond donors (Lipinski definition) is 0. The van der Waals surface area contributed by atoms with Crippen molar-refractivity contribution in [3.8, 4) is 11.5 Å². The average molecular weight is 394 g/mol. The summed E-state index contributed by atoms with van der Waals surface area (Å²) < 4.78 is 16.8. The zero-order valence-electron chi connectivity index (χ0n) is 17.6. The summed E-state index contributed by atoms with van der Waals surface area (Å²) in [6.45, 7) is 1.73. The minimum atomic E-state index is 0.0668. The third-order valence-electron chi connectivity index (χ3n) is 6.65. The summed E-state index contributed by atoms with van der Waals surface area (Å²) in [7, 11) is 5.24. The van der Waals surface area contributed by atoms with Gasteiger partial charge in [0, 0.05) is 31.2 Å². The van der Waals surface area contributed by atoms with E-state index in [0.717, 1.165) is 37.3 Å². The van der Waals surface area contributed by atoms with Crippen LogP contribution in [0.2, 0.25) is 0 Å². The largest absolute Gasteiger partial charge is 0.497 e. The van der Waals surface area contributed by atoms with Gasteiger partial charge in [0.15, 0.2) is 0 Å². The number of methoxy groups -OCH3 is 3. The van der Waals surface area contributed by atoms with E-state index in [9.17, 15) is 0 Å². The number of likely N-dealkylation sites (tertiary alicyclic amines) is 1. The fraction of sp³-hybridized carbons (Fsp3) is 0.440. The van der Waals surface area contributed by atoms with Gasteiger partial charge < -0.3 is 14.2 Å². The highest BCUT2D eigenvalue weighted by atomic mass is 16.5. The lowest BCUT2D eigenvalue weighted by molar-refractivity contribution is 0.0814. The van der Waals surface area contributed by atoms with E-state index >= 15 is 0 Å². The first-order valence-electron chi connectivity index (χ1n) is 10.4. The van der Waals surface area contributed by atoms with Gasteiger partial charge in [-0.25, -0.2) is 0 Å². The predicted molar refractivity (Wildman–Crippen MR) is 116 cm³/mol. The Bertz CT molecular complexity index is 828. The topological polar surface area (TPSA) is 30.9 Å². The molecule has 1 saturated heterocycles. The molecule has 4 rings (SSSR count). The minimum Gasteiger partial charge on any atom is -0.497 e. The quantitative estimate of drug-likeness (QED) is 0.635. The molecule has 0 N–H and O–H groups in total. The maximum absolute atomic E-state index is 5.66. The van der Waals surface area contributed by atoms with E-state index in [1.807, 2.05) is 6.07 Å². The van der Waals surface area contributed by atoms with Crippen molar-refractivity contribution in [1.29, 1.82) is 0 Å². The highest BCUT2D eigenvalue weighted by Crippen LogP contribution is 2.50. The monoisotopic (exact) mass is 393 g/mol. The van der Waals surface area contributed by atoms with Gasteiger partial charge in [0.2, 0.25) is 0 Å². The standard InChI is InChI=1S/C25H31NO3/c1-27-18-23(19-9-5-4-6-10-19)26-14-13-25(12-8-7-11-24(25)26)20-15-21(28-2)17-22(16-20)29-3/h4-7,9-11,15-17,23-24H,8,12-14,18H2,1-3H3/t23-,24+,25+/m1/s1. The molecule has 154 valence electrons. The summed E-state index contributed by atoms with van der Waals surface area (Å²) in [6.07, 6.45) is 8.10. The van der Waals surface area contributed by atoms with Gasteiger partial charge in [-0.2, -0.15) is 0 Å². The second kappa shape index (κ2) is 8.60. The molecule has 0 bridgehead atoms. The van der Waals surface area contributed by atoms with Crippen LogP contribution in [0.5, 0.6) is 11.5 Å². The van der Waals surface area contributed by atoms with Gasteiger partial charge in [-0.3, -0.25) is 4.90 Å². The van der Waals surface area contributed by atoms with Gasteiger partial charge in [-0.1, -0.05) is 42.5 Å². The van der Waals surface area contributed by atoms with Gasteiger partial charge in [0.1, 0.15) is 11.5 Å². The second-order valence-corrected chi connectivity index (χ2v) is 8.04. The van der Waals surface area contributed by atoms with Crippen LogP contribution in [0.3, 0.4) is 0 Å². The van der Waals surface area contributed by atoms with Gasteiger partial charge in [0.25, 0.3) is 0 Å². The number of fused-ring (bicyclic) bond motifs is 1. The Morgan fingerprint density at radius 3 is 2.38 bits per heavy atom. The van der Waals surface area contributed by atoms with Gasteiger partial charge in [-0.05, 0) is 42.5 Å². The van der Waals surface area contributed by atoms with Crippen molar-refractivity contribution in [3.05, 3.63) is 71.8 Å². The molecule has 0 aromatic heterocycles. The molecule has 4 nitrogen and oxygen atoms in total. The molecule has 2 aliphatic rings. The van der Waals surface area contributed by atoms with Crippen LogP contribution in [0, 0.1) is 0 Å². The zero-order valence-corrected chi connectivity index (χ0v) is 17.6. The van der Waals surface area contributed by atoms with Crippen molar-refractivity contribution in [3.63, 3.8) is 0 Å². The van der Waals surface area contributed by atoms with Crippen LogP contribution in [-0.4, -0.2) is 45.4 Å². The van der Waals surface area contributed by atoms with Crippen molar-refractivity contribution >= 4 is 0 Å². The molecule has 1 aliphatic carbocycles. The second-order valence-electron chi connectivity index (χ2n) is 8.04. The predicted octanol–water partition coefficient (Wildman–Crippen LogP) is 4.75. The Morgan fingerprint density at radius 2 is 1.72 bits per heavy atom. The van der Waals surface area contributed by atoms with Gasteiger partial charge in [-0.15, -0.1) is 0 Å². The Kier molecular flexibility index (Phi) is 5.93. The smallest absolute Gasteiger partial charge is 0.122 e. The van der Waals surface area contributed by atoms with Crippen molar-refractivity contribution in [2.75, 3.05) is 34.5 Å².